The van der Waals surface area contributed by atoms with Gasteiger partial charge in [-0.15, -0.1) is 0 Å². The number of carboxylic acids is 2. The van der Waals surface area contributed by atoms with Crippen LogP contribution in [0.15, 0.2) is 0 Å². The number of ether oxygens (including phenoxy) is 6. The van der Waals surface area contributed by atoms with Gasteiger partial charge in [-0.3, -0.25) is 34.1 Å². The first-order valence-electron chi connectivity index (χ1n) is 13.8. The van der Waals surface area contributed by atoms with E-state index < -0.39 is 35.8 Å². The number of aliphatic hydroxyl groups excluding tert-OH is 1. The molecule has 19 heteroatoms. The maximum atomic E-state index is 11.1. The third-order valence-electron chi connectivity index (χ3n) is 4.58. The van der Waals surface area contributed by atoms with Crippen molar-refractivity contribution in [3.05, 3.63) is 0 Å². The molecule has 0 aromatic heterocycles. The molecule has 1 rings (SSSR count). The van der Waals surface area contributed by atoms with Crippen LogP contribution in [-0.2, 0) is 71.9 Å². The molecular weight excluding hydrogens is 616 g/mol. The van der Waals surface area contributed by atoms with Gasteiger partial charge in [0.05, 0.1) is 97.0 Å². The van der Waals surface area contributed by atoms with E-state index in [-0.39, 0.29) is 97.0 Å². The largest absolute Gasteiger partial charge is 0.481 e. The highest BCUT2D eigenvalue weighted by Gasteiger charge is 2.19. The Kier molecular flexibility index (Phi) is 29.9. The average molecular weight is 661 g/mol. The molecule has 0 aromatic carbocycles. The van der Waals surface area contributed by atoms with E-state index in [1.54, 1.807) is 6.92 Å². The van der Waals surface area contributed by atoms with E-state index >= 15 is 0 Å². The lowest BCUT2D eigenvalue weighted by Crippen LogP contribution is -2.21. The molecule has 0 amide bonds. The molecule has 45 heavy (non-hydrogen) atoms. The number of esters is 3. The number of carbonyl (C=O) groups is 6. The Morgan fingerprint density at radius 2 is 1.22 bits per heavy atom. The molecule has 1 aliphatic heterocycles. The van der Waals surface area contributed by atoms with Crippen molar-refractivity contribution in [1.82, 2.24) is 0 Å². The molecule has 0 aromatic rings. The molecule has 0 radical (unpaired) electrons. The van der Waals surface area contributed by atoms with Crippen molar-refractivity contribution in [2.75, 3.05) is 66.1 Å². The lowest BCUT2D eigenvalue weighted by Gasteiger charge is -2.13. The van der Waals surface area contributed by atoms with Gasteiger partial charge in [-0.2, -0.15) is 4.89 Å². The van der Waals surface area contributed by atoms with E-state index in [9.17, 15) is 28.8 Å². The summed E-state index contributed by atoms with van der Waals surface area (Å²) in [6.45, 7) is 5.33. The van der Waals surface area contributed by atoms with Gasteiger partial charge in [0.15, 0.2) is 0 Å². The zero-order valence-electron chi connectivity index (χ0n) is 25.4. The van der Waals surface area contributed by atoms with Crippen LogP contribution < -0.4 is 0 Å². The molecule has 1 heterocycles. The zero-order valence-corrected chi connectivity index (χ0v) is 25.4. The maximum absolute atomic E-state index is 11.1. The highest BCUT2D eigenvalue weighted by Crippen LogP contribution is 2.04. The first-order chi connectivity index (χ1) is 21.4. The summed E-state index contributed by atoms with van der Waals surface area (Å²) in [5.74, 6) is -4.34. The number of hydrogen-bond donors (Lipinski definition) is 4. The third-order valence-corrected chi connectivity index (χ3v) is 4.58. The summed E-state index contributed by atoms with van der Waals surface area (Å²) in [4.78, 5) is 75.4. The van der Waals surface area contributed by atoms with Gasteiger partial charge in [0.2, 0.25) is 0 Å². The first-order valence-corrected chi connectivity index (χ1v) is 13.8. The van der Waals surface area contributed by atoms with Crippen LogP contribution in [0.4, 0.5) is 0 Å². The summed E-state index contributed by atoms with van der Waals surface area (Å²) >= 11 is 0. The molecule has 1 aliphatic rings. The second-order valence-electron chi connectivity index (χ2n) is 8.70. The summed E-state index contributed by atoms with van der Waals surface area (Å²) in [6, 6.07) is 0. The quantitative estimate of drug-likeness (QED) is 0.0346. The zero-order chi connectivity index (χ0) is 34.3. The molecule has 4 N–H and O–H groups in total. The average Bonchev–Trinajstić information content (AvgIpc) is 3.38. The first kappa shape index (κ1) is 43.8. The standard InChI is InChI=1S/C15H24O11.C7H16O5.C4H4O3/c1-11(23-7-8-24-14(20)4-2-12(16)17)10-22-6-9-25-26-15(21)5-3-13(18)19;1-7(11-3-2-8)6-10-4-5-12-9;5-3-1-2-4(6)7-3/h11H,2-10H2,1H3,(H,16,17)(H,18,19);7-9H,2-6H2,1H3;1-2H2. The summed E-state index contributed by atoms with van der Waals surface area (Å²) < 4.78 is 29.5. The van der Waals surface area contributed by atoms with Gasteiger partial charge >= 0.3 is 35.8 Å². The topological polar surface area (TPSA) is 266 Å². The Balaban J connectivity index is 0. The number of carboxylic acid groups (broad SMARTS) is 2. The van der Waals surface area contributed by atoms with Gasteiger partial charge in [-0.1, -0.05) is 0 Å². The van der Waals surface area contributed by atoms with Crippen LogP contribution >= 0.6 is 0 Å². The number of aliphatic hydroxyl groups is 1. The Labute approximate surface area is 259 Å². The summed E-state index contributed by atoms with van der Waals surface area (Å²) in [7, 11) is 0. The van der Waals surface area contributed by atoms with E-state index in [1.165, 1.54) is 0 Å². The monoisotopic (exact) mass is 660 g/mol. The van der Waals surface area contributed by atoms with Crippen molar-refractivity contribution >= 4 is 35.8 Å². The lowest BCUT2D eigenvalue weighted by atomic mass is 10.3. The molecule has 0 saturated carbocycles. The Morgan fingerprint density at radius 3 is 1.69 bits per heavy atom. The van der Waals surface area contributed by atoms with Crippen molar-refractivity contribution in [2.45, 2.75) is 64.6 Å². The van der Waals surface area contributed by atoms with E-state index in [0.29, 0.717) is 19.8 Å². The number of cyclic esters (lactones) is 2. The van der Waals surface area contributed by atoms with Crippen LogP contribution in [0, 0.1) is 0 Å². The van der Waals surface area contributed by atoms with Crippen LogP contribution in [-0.4, -0.2) is 135 Å². The minimum atomic E-state index is -1.10. The summed E-state index contributed by atoms with van der Waals surface area (Å²) in [6.07, 6.45) is -0.876. The normalized spacial score (nSPS) is 13.3. The highest BCUT2D eigenvalue weighted by molar-refractivity contribution is 5.92. The Bertz CT molecular complexity index is 819. The minimum Gasteiger partial charge on any atom is -0.481 e. The Morgan fingerprint density at radius 1 is 0.711 bits per heavy atom. The summed E-state index contributed by atoms with van der Waals surface area (Å²) in [5.41, 5.74) is 0. The van der Waals surface area contributed by atoms with Crippen LogP contribution in [0.1, 0.15) is 52.4 Å². The maximum Gasteiger partial charge on any atom is 0.342 e. The lowest BCUT2D eigenvalue weighted by molar-refractivity contribution is -0.277. The number of aliphatic carboxylic acids is 2. The van der Waals surface area contributed by atoms with Crippen LogP contribution in [0.5, 0.6) is 0 Å². The van der Waals surface area contributed by atoms with Crippen molar-refractivity contribution in [3.63, 3.8) is 0 Å². The molecule has 262 valence electrons. The number of hydrogen-bond acceptors (Lipinski definition) is 17. The number of rotatable bonds is 24. The fourth-order valence-corrected chi connectivity index (χ4v) is 2.52. The van der Waals surface area contributed by atoms with Crippen molar-refractivity contribution < 1.29 is 92.4 Å². The van der Waals surface area contributed by atoms with Crippen LogP contribution in [0.2, 0.25) is 0 Å². The molecule has 2 unspecified atom stereocenters. The van der Waals surface area contributed by atoms with E-state index in [2.05, 4.69) is 19.4 Å². The van der Waals surface area contributed by atoms with E-state index in [1.807, 2.05) is 6.92 Å². The van der Waals surface area contributed by atoms with Crippen molar-refractivity contribution in [3.8, 4) is 0 Å². The van der Waals surface area contributed by atoms with Crippen molar-refractivity contribution in [1.29, 1.82) is 0 Å². The SMILES string of the molecule is CC(COCCOO)OCCO.CC(COCCOOC(=O)CCC(=O)O)OCCOC(=O)CCC(=O)O.O=C1CCC(=O)O1. The third kappa shape index (κ3) is 35.1. The van der Waals surface area contributed by atoms with Gasteiger partial charge < -0.3 is 43.7 Å². The fraction of sp³-hybridized carbons (Fsp3) is 0.769. The van der Waals surface area contributed by atoms with Crippen LogP contribution in [0.25, 0.3) is 0 Å². The van der Waals surface area contributed by atoms with Gasteiger partial charge in [0.1, 0.15) is 19.8 Å². The van der Waals surface area contributed by atoms with Gasteiger partial charge in [0.25, 0.3) is 0 Å². The van der Waals surface area contributed by atoms with Crippen molar-refractivity contribution in [2.24, 2.45) is 0 Å². The van der Waals surface area contributed by atoms with E-state index in [0.717, 1.165) is 0 Å². The molecule has 1 saturated heterocycles. The van der Waals surface area contributed by atoms with Gasteiger partial charge in [-0.25, -0.2) is 9.68 Å². The smallest absolute Gasteiger partial charge is 0.342 e. The van der Waals surface area contributed by atoms with Gasteiger partial charge in [0, 0.05) is 0 Å². The highest BCUT2D eigenvalue weighted by atomic mass is 17.2. The predicted molar refractivity (Wildman–Crippen MR) is 145 cm³/mol. The predicted octanol–water partition coefficient (Wildman–Crippen LogP) is -0.104. The molecule has 0 spiro atoms. The second kappa shape index (κ2) is 30.7. The molecule has 19 nitrogen and oxygen atoms in total. The minimum absolute atomic E-state index is 0.0121. The van der Waals surface area contributed by atoms with E-state index in [4.69, 9.17) is 44.3 Å². The molecule has 0 aliphatic carbocycles. The van der Waals surface area contributed by atoms with Crippen LogP contribution in [0.3, 0.4) is 0 Å². The number of carbonyl (C=O) groups excluding carboxylic acids is 4. The second-order valence-corrected chi connectivity index (χ2v) is 8.70. The molecule has 2 atom stereocenters. The Hall–Kier alpha value is -3.30. The molecular formula is C26H44O19. The molecule has 0 bridgehead atoms. The fourth-order valence-electron chi connectivity index (χ4n) is 2.52. The molecule has 1 fully saturated rings. The van der Waals surface area contributed by atoms with Gasteiger partial charge in [-0.05, 0) is 13.8 Å². The summed E-state index contributed by atoms with van der Waals surface area (Å²) in [5, 5.41) is 33.1.